The number of fused-ring (bicyclic) bond motifs is 3. The number of hydrogen-bond donors (Lipinski definition) is 0. The monoisotopic (exact) mass is 377 g/mol. The van der Waals surface area contributed by atoms with Gasteiger partial charge >= 0.3 is 0 Å². The van der Waals surface area contributed by atoms with Crippen molar-refractivity contribution in [3.05, 3.63) is 58.5 Å². The Balaban J connectivity index is 2.19. The molecule has 0 aliphatic carbocycles. The topological polar surface area (TPSA) is 70.8 Å². The van der Waals surface area contributed by atoms with Gasteiger partial charge in [-0.1, -0.05) is 0 Å². The largest absolute Gasteiger partial charge is 0.496 e. The molecule has 0 aliphatic heterocycles. The Hall–Kier alpha value is -3.54. The molecule has 0 saturated carbocycles. The van der Waals surface area contributed by atoms with Gasteiger partial charge in [0.05, 0.1) is 37.5 Å². The number of methoxy groups -OCH3 is 3. The van der Waals surface area contributed by atoms with Crippen LogP contribution in [0.3, 0.4) is 0 Å². The Morgan fingerprint density at radius 1 is 0.857 bits per heavy atom. The number of benzene rings is 2. The molecule has 0 fully saturated rings. The molecule has 2 heterocycles. The minimum atomic E-state index is -0.178. The normalized spacial score (nSPS) is 11.0. The van der Waals surface area contributed by atoms with E-state index in [2.05, 4.69) is 4.98 Å². The Morgan fingerprint density at radius 2 is 1.54 bits per heavy atom. The quantitative estimate of drug-likeness (QED) is 0.493. The summed E-state index contributed by atoms with van der Waals surface area (Å²) in [7, 11) is 4.70. The van der Waals surface area contributed by atoms with Gasteiger partial charge in [0.15, 0.2) is 11.0 Å². The van der Waals surface area contributed by atoms with Crippen molar-refractivity contribution in [2.45, 2.75) is 6.92 Å². The van der Waals surface area contributed by atoms with Gasteiger partial charge in [-0.15, -0.1) is 0 Å². The summed E-state index contributed by atoms with van der Waals surface area (Å²) in [6.45, 7) is 1.93. The fraction of sp³-hybridized carbons (Fsp3) is 0.182. The molecule has 142 valence electrons. The van der Waals surface area contributed by atoms with E-state index in [1.165, 1.54) is 6.07 Å². The third kappa shape index (κ3) is 2.74. The van der Waals surface area contributed by atoms with Gasteiger partial charge in [0.2, 0.25) is 0 Å². The van der Waals surface area contributed by atoms with Gasteiger partial charge in [0.1, 0.15) is 23.0 Å². The lowest BCUT2D eigenvalue weighted by Gasteiger charge is -2.15. The van der Waals surface area contributed by atoms with Gasteiger partial charge in [0, 0.05) is 24.0 Å². The van der Waals surface area contributed by atoms with Crippen LogP contribution in [0.4, 0.5) is 0 Å². The highest BCUT2D eigenvalue weighted by atomic mass is 16.5. The van der Waals surface area contributed by atoms with Gasteiger partial charge in [0.25, 0.3) is 0 Å². The summed E-state index contributed by atoms with van der Waals surface area (Å²) in [5, 5.41) is 1.70. The Morgan fingerprint density at radius 3 is 2.18 bits per heavy atom. The fourth-order valence-corrected chi connectivity index (χ4v) is 3.40. The SMILES string of the molecule is COc1ccc(OC)c2c1c(OC)cc1c(=O)cc(-c3cncc(C)c3)oc12. The zero-order valence-corrected chi connectivity index (χ0v) is 16.0. The molecule has 0 saturated heterocycles. The summed E-state index contributed by atoms with van der Waals surface area (Å²) >= 11 is 0. The summed E-state index contributed by atoms with van der Waals surface area (Å²) < 4.78 is 22.8. The average Bonchev–Trinajstić information content (AvgIpc) is 2.72. The van der Waals surface area contributed by atoms with E-state index < -0.39 is 0 Å². The maximum absolute atomic E-state index is 12.9. The van der Waals surface area contributed by atoms with Crippen molar-refractivity contribution in [3.63, 3.8) is 0 Å². The van der Waals surface area contributed by atoms with Crippen LogP contribution in [-0.4, -0.2) is 26.3 Å². The van der Waals surface area contributed by atoms with Crippen molar-refractivity contribution in [2.24, 2.45) is 0 Å². The van der Waals surface area contributed by atoms with Gasteiger partial charge in [-0.05, 0) is 36.8 Å². The summed E-state index contributed by atoms with van der Waals surface area (Å²) in [6, 6.07) is 8.63. The van der Waals surface area contributed by atoms with Crippen LogP contribution in [0, 0.1) is 6.92 Å². The van der Waals surface area contributed by atoms with Crippen molar-refractivity contribution in [1.82, 2.24) is 4.98 Å². The van der Waals surface area contributed by atoms with E-state index in [-0.39, 0.29) is 5.43 Å². The Labute approximate surface area is 161 Å². The molecule has 0 amide bonds. The lowest BCUT2D eigenvalue weighted by Crippen LogP contribution is -2.03. The van der Waals surface area contributed by atoms with Crippen LogP contribution in [0.1, 0.15) is 5.56 Å². The number of rotatable bonds is 4. The molecule has 0 atom stereocenters. The van der Waals surface area contributed by atoms with Crippen molar-refractivity contribution < 1.29 is 18.6 Å². The molecule has 0 unspecified atom stereocenters. The average molecular weight is 377 g/mol. The first-order valence-electron chi connectivity index (χ1n) is 8.69. The molecular weight excluding hydrogens is 358 g/mol. The zero-order valence-electron chi connectivity index (χ0n) is 16.0. The lowest BCUT2D eigenvalue weighted by atomic mass is 10.0. The van der Waals surface area contributed by atoms with Crippen LogP contribution in [0.25, 0.3) is 33.1 Å². The van der Waals surface area contributed by atoms with E-state index in [0.717, 1.165) is 11.1 Å². The number of hydrogen-bond acceptors (Lipinski definition) is 6. The molecule has 0 N–H and O–H groups in total. The van der Waals surface area contributed by atoms with Gasteiger partial charge in [-0.3, -0.25) is 9.78 Å². The molecule has 6 heteroatoms. The third-order valence-electron chi connectivity index (χ3n) is 4.68. The van der Waals surface area contributed by atoms with E-state index in [1.54, 1.807) is 51.9 Å². The molecule has 0 aliphatic rings. The standard InChI is InChI=1S/C22H19NO5/c1-12-7-13(11-23-10-12)18-9-15(24)14-8-19(27-4)20-16(25-2)5-6-17(26-3)21(20)22(14)28-18/h5-11H,1-4H3. The number of ether oxygens (including phenoxy) is 3. The predicted molar refractivity (Wildman–Crippen MR) is 108 cm³/mol. The van der Waals surface area contributed by atoms with E-state index in [0.29, 0.717) is 44.8 Å². The number of nitrogens with zero attached hydrogens (tertiary/aromatic N) is 1. The molecule has 6 nitrogen and oxygen atoms in total. The highest BCUT2D eigenvalue weighted by Gasteiger charge is 2.20. The summed E-state index contributed by atoms with van der Waals surface area (Å²) in [6.07, 6.45) is 3.41. The first-order chi connectivity index (χ1) is 13.6. The zero-order chi connectivity index (χ0) is 19.8. The second-order valence-electron chi connectivity index (χ2n) is 6.40. The molecule has 0 bridgehead atoms. The lowest BCUT2D eigenvalue weighted by molar-refractivity contribution is 0.400. The molecule has 0 spiro atoms. The second-order valence-corrected chi connectivity index (χ2v) is 6.40. The smallest absolute Gasteiger partial charge is 0.193 e. The Kier molecular flexibility index (Phi) is 4.39. The number of aryl methyl sites for hydroxylation is 1. The van der Waals surface area contributed by atoms with E-state index in [1.807, 2.05) is 13.0 Å². The van der Waals surface area contributed by atoms with Crippen molar-refractivity contribution in [2.75, 3.05) is 21.3 Å². The summed E-state index contributed by atoms with van der Waals surface area (Å²) in [5.74, 6) is 2.10. The van der Waals surface area contributed by atoms with Crippen LogP contribution < -0.4 is 19.6 Å². The highest BCUT2D eigenvalue weighted by Crippen LogP contribution is 2.43. The van der Waals surface area contributed by atoms with Crippen LogP contribution >= 0.6 is 0 Å². The van der Waals surface area contributed by atoms with Crippen LogP contribution in [0.15, 0.2) is 51.9 Å². The van der Waals surface area contributed by atoms with Gasteiger partial charge in [-0.2, -0.15) is 0 Å². The molecule has 4 aromatic rings. The van der Waals surface area contributed by atoms with E-state index in [4.69, 9.17) is 18.6 Å². The van der Waals surface area contributed by atoms with Gasteiger partial charge < -0.3 is 18.6 Å². The minimum absolute atomic E-state index is 0.178. The maximum atomic E-state index is 12.9. The molecule has 0 radical (unpaired) electrons. The van der Waals surface area contributed by atoms with Crippen LogP contribution in [0.5, 0.6) is 17.2 Å². The van der Waals surface area contributed by atoms with Crippen molar-refractivity contribution >= 4 is 21.7 Å². The van der Waals surface area contributed by atoms with E-state index in [9.17, 15) is 4.79 Å². The van der Waals surface area contributed by atoms with Crippen LogP contribution in [0.2, 0.25) is 0 Å². The highest BCUT2D eigenvalue weighted by molar-refractivity contribution is 6.13. The first-order valence-corrected chi connectivity index (χ1v) is 8.69. The molecule has 28 heavy (non-hydrogen) atoms. The fourth-order valence-electron chi connectivity index (χ4n) is 3.40. The molecule has 2 aromatic carbocycles. The number of pyridine rings is 1. The van der Waals surface area contributed by atoms with Gasteiger partial charge in [-0.25, -0.2) is 0 Å². The second kappa shape index (κ2) is 6.88. The third-order valence-corrected chi connectivity index (χ3v) is 4.68. The molecule has 2 aromatic heterocycles. The first kappa shape index (κ1) is 17.9. The molecule has 4 rings (SSSR count). The predicted octanol–water partition coefficient (Wildman–Crippen LogP) is 4.34. The summed E-state index contributed by atoms with van der Waals surface area (Å²) in [5.41, 5.74) is 1.93. The number of aromatic nitrogens is 1. The maximum Gasteiger partial charge on any atom is 0.193 e. The molecular formula is C22H19NO5. The Bertz CT molecular complexity index is 1260. The summed E-state index contributed by atoms with van der Waals surface area (Å²) in [4.78, 5) is 17.1. The minimum Gasteiger partial charge on any atom is -0.496 e. The van der Waals surface area contributed by atoms with Crippen molar-refractivity contribution in [3.8, 4) is 28.6 Å². The van der Waals surface area contributed by atoms with Crippen LogP contribution in [-0.2, 0) is 0 Å². The van der Waals surface area contributed by atoms with Crippen molar-refractivity contribution in [1.29, 1.82) is 0 Å². The van der Waals surface area contributed by atoms with E-state index >= 15 is 0 Å².